The van der Waals surface area contributed by atoms with E-state index in [-0.39, 0.29) is 11.7 Å². The molecule has 1 aromatic carbocycles. The van der Waals surface area contributed by atoms with Crippen LogP contribution in [0, 0.1) is 6.92 Å². The number of nitrogens with zero attached hydrogens (tertiary/aromatic N) is 1. The molecular weight excluding hydrogens is 388 g/mol. The van der Waals surface area contributed by atoms with Gasteiger partial charge in [0.1, 0.15) is 5.76 Å². The Balaban J connectivity index is 1.68. The van der Waals surface area contributed by atoms with Gasteiger partial charge in [0.2, 0.25) is 0 Å². The van der Waals surface area contributed by atoms with Crippen molar-refractivity contribution in [2.45, 2.75) is 32.6 Å². The second kappa shape index (κ2) is 9.34. The molecule has 9 nitrogen and oxygen atoms in total. The van der Waals surface area contributed by atoms with E-state index in [1.54, 1.807) is 14.2 Å². The lowest BCUT2D eigenvalue weighted by molar-refractivity contribution is 0.0923. The van der Waals surface area contributed by atoms with E-state index in [0.717, 1.165) is 17.5 Å². The molecule has 1 aromatic heterocycles. The lowest BCUT2D eigenvalue weighted by Gasteiger charge is -2.13. The minimum absolute atomic E-state index is 0.265. The van der Waals surface area contributed by atoms with Crippen LogP contribution in [0.1, 0.15) is 45.8 Å². The summed E-state index contributed by atoms with van der Waals surface area (Å²) in [5, 5.41) is 6.96. The van der Waals surface area contributed by atoms with Gasteiger partial charge in [-0.25, -0.2) is 10.2 Å². The Hall–Kier alpha value is -3.49. The number of hydrogen-bond acceptors (Lipinski definition) is 6. The number of carbonyl (C=O) groups is 2. The molecule has 1 heterocycles. The Morgan fingerprint density at radius 3 is 2.67 bits per heavy atom. The van der Waals surface area contributed by atoms with Crippen LogP contribution in [0.25, 0.3) is 0 Å². The number of nitrogens with two attached hydrogens (primary N) is 1. The third-order valence-electron chi connectivity index (χ3n) is 4.98. The monoisotopic (exact) mass is 414 g/mol. The number of furan rings is 1. The van der Waals surface area contributed by atoms with Crippen LogP contribution in [-0.4, -0.2) is 38.4 Å². The van der Waals surface area contributed by atoms with E-state index in [1.807, 2.05) is 25.1 Å². The molecule has 0 spiro atoms. The number of carbonyl (C=O) groups excluding carboxylic acids is 2. The highest BCUT2D eigenvalue weighted by Crippen LogP contribution is 2.30. The molecule has 3 amide bonds. The van der Waals surface area contributed by atoms with Crippen LogP contribution in [0.5, 0.6) is 11.5 Å². The van der Waals surface area contributed by atoms with Crippen LogP contribution < -0.4 is 25.9 Å². The van der Waals surface area contributed by atoms with Crippen molar-refractivity contribution in [3.05, 3.63) is 46.4 Å². The molecule has 0 aliphatic heterocycles. The summed E-state index contributed by atoms with van der Waals surface area (Å²) in [6.45, 7) is 2.25. The maximum Gasteiger partial charge on any atom is 0.332 e. The first-order valence-corrected chi connectivity index (χ1v) is 9.68. The molecule has 4 N–H and O–H groups in total. The van der Waals surface area contributed by atoms with Crippen LogP contribution in [0.2, 0.25) is 0 Å². The molecule has 9 heteroatoms. The second-order valence-corrected chi connectivity index (χ2v) is 6.94. The maximum atomic E-state index is 12.7. The molecule has 3 rings (SSSR count). The summed E-state index contributed by atoms with van der Waals surface area (Å²) in [7, 11) is 3.17. The molecule has 0 saturated carbocycles. The first-order chi connectivity index (χ1) is 14.4. The molecule has 1 aliphatic rings. The van der Waals surface area contributed by atoms with Crippen molar-refractivity contribution in [2.75, 3.05) is 20.8 Å². The lowest BCUT2D eigenvalue weighted by Crippen LogP contribution is -2.27. The Morgan fingerprint density at radius 2 is 1.97 bits per heavy atom. The van der Waals surface area contributed by atoms with Crippen LogP contribution in [-0.2, 0) is 12.8 Å². The Bertz CT molecular complexity index is 980. The zero-order valence-corrected chi connectivity index (χ0v) is 17.3. The fraction of sp³-hybridized carbons (Fsp3) is 0.381. The van der Waals surface area contributed by atoms with Gasteiger partial charge < -0.3 is 24.9 Å². The number of ether oxygens (including phenoxy) is 2. The van der Waals surface area contributed by atoms with Crippen LogP contribution >= 0.6 is 0 Å². The number of rotatable bonds is 7. The van der Waals surface area contributed by atoms with E-state index in [9.17, 15) is 9.59 Å². The van der Waals surface area contributed by atoms with Gasteiger partial charge in [-0.15, -0.1) is 0 Å². The van der Waals surface area contributed by atoms with Gasteiger partial charge >= 0.3 is 6.03 Å². The number of primary amides is 1. The molecule has 30 heavy (non-hydrogen) atoms. The summed E-state index contributed by atoms with van der Waals surface area (Å²) < 4.78 is 16.4. The van der Waals surface area contributed by atoms with Gasteiger partial charge in [-0.1, -0.05) is 6.07 Å². The van der Waals surface area contributed by atoms with E-state index in [2.05, 4.69) is 15.8 Å². The minimum Gasteiger partial charge on any atom is -0.493 e. The number of urea groups is 1. The molecule has 2 aromatic rings. The van der Waals surface area contributed by atoms with Crippen molar-refractivity contribution in [1.82, 2.24) is 10.7 Å². The van der Waals surface area contributed by atoms with E-state index >= 15 is 0 Å². The zero-order valence-electron chi connectivity index (χ0n) is 17.3. The van der Waals surface area contributed by atoms with Gasteiger partial charge in [-0.05, 0) is 43.9 Å². The third-order valence-corrected chi connectivity index (χ3v) is 4.98. The Kier molecular flexibility index (Phi) is 6.61. The van der Waals surface area contributed by atoms with Gasteiger partial charge in [0, 0.05) is 24.1 Å². The predicted octanol–water partition coefficient (Wildman–Crippen LogP) is 2.29. The molecule has 0 bridgehead atoms. The highest BCUT2D eigenvalue weighted by Gasteiger charge is 2.27. The molecule has 160 valence electrons. The number of hydrogen-bond donors (Lipinski definition) is 3. The smallest absolute Gasteiger partial charge is 0.332 e. The van der Waals surface area contributed by atoms with Crippen molar-refractivity contribution in [2.24, 2.45) is 10.8 Å². The summed E-state index contributed by atoms with van der Waals surface area (Å²) in [6, 6.07) is 4.92. The molecule has 0 atom stereocenters. The molecule has 0 unspecified atom stereocenters. The minimum atomic E-state index is -0.732. The fourth-order valence-corrected chi connectivity index (χ4v) is 3.56. The summed E-state index contributed by atoms with van der Waals surface area (Å²) >= 11 is 0. The van der Waals surface area contributed by atoms with Gasteiger partial charge in [0.15, 0.2) is 17.3 Å². The Morgan fingerprint density at radius 1 is 1.20 bits per heavy atom. The largest absolute Gasteiger partial charge is 0.493 e. The molecule has 0 fully saturated rings. The standard InChI is InChI=1S/C21H26N4O5/c1-12-18-14(24-25-21(22)27)5-4-6-16(18)30-19(12)20(26)23-10-9-13-7-8-15(28-2)17(11-13)29-3/h7-8,11H,4-6,9-10H2,1-3H3,(H,23,26)(H3,22,25,27)/b24-14+. The van der Waals surface area contributed by atoms with Gasteiger partial charge in [0.25, 0.3) is 5.91 Å². The molecule has 0 radical (unpaired) electrons. The van der Waals surface area contributed by atoms with Crippen molar-refractivity contribution in [3.8, 4) is 11.5 Å². The van der Waals surface area contributed by atoms with Crippen LogP contribution in [0.4, 0.5) is 4.79 Å². The summed E-state index contributed by atoms with van der Waals surface area (Å²) in [5.74, 6) is 1.98. The fourth-order valence-electron chi connectivity index (χ4n) is 3.56. The van der Waals surface area contributed by atoms with Gasteiger partial charge in [-0.3, -0.25) is 4.79 Å². The summed E-state index contributed by atoms with van der Waals surface area (Å²) in [5.41, 5.74) is 10.5. The zero-order chi connectivity index (χ0) is 21.7. The first kappa shape index (κ1) is 21.2. The highest BCUT2D eigenvalue weighted by atomic mass is 16.5. The average molecular weight is 414 g/mol. The lowest BCUT2D eigenvalue weighted by atomic mass is 9.93. The van der Waals surface area contributed by atoms with Gasteiger partial charge in [-0.2, -0.15) is 5.10 Å². The topological polar surface area (TPSA) is 128 Å². The number of amides is 3. The van der Waals surface area contributed by atoms with Crippen molar-refractivity contribution in [3.63, 3.8) is 0 Å². The van der Waals surface area contributed by atoms with E-state index in [1.165, 1.54) is 0 Å². The summed E-state index contributed by atoms with van der Waals surface area (Å²) in [4.78, 5) is 23.7. The van der Waals surface area contributed by atoms with Crippen molar-refractivity contribution in [1.29, 1.82) is 0 Å². The SMILES string of the molecule is COc1ccc(CCNC(=O)c2oc3c(c2C)/C(=N/NC(N)=O)CCC3)cc1OC. The first-order valence-electron chi connectivity index (χ1n) is 9.68. The quantitative estimate of drug-likeness (QED) is 0.599. The van der Waals surface area contributed by atoms with Crippen molar-refractivity contribution < 1.29 is 23.5 Å². The second-order valence-electron chi connectivity index (χ2n) is 6.94. The van der Waals surface area contributed by atoms with Gasteiger partial charge in [0.05, 0.1) is 19.9 Å². The predicted molar refractivity (Wildman–Crippen MR) is 111 cm³/mol. The Labute approximate surface area is 174 Å². The highest BCUT2D eigenvalue weighted by molar-refractivity contribution is 6.06. The number of benzene rings is 1. The normalized spacial score (nSPS) is 14.2. The number of fused-ring (bicyclic) bond motifs is 1. The van der Waals surface area contributed by atoms with E-state index in [0.29, 0.717) is 54.3 Å². The average Bonchev–Trinajstić information content (AvgIpc) is 3.09. The molecule has 1 aliphatic carbocycles. The molecular formula is C21H26N4O5. The molecule has 0 saturated heterocycles. The summed E-state index contributed by atoms with van der Waals surface area (Å²) in [6.07, 6.45) is 2.83. The van der Waals surface area contributed by atoms with Crippen LogP contribution in [0.3, 0.4) is 0 Å². The number of nitrogens with one attached hydrogen (secondary N) is 2. The number of methoxy groups -OCH3 is 2. The van der Waals surface area contributed by atoms with E-state index in [4.69, 9.17) is 19.6 Å². The number of hydrazone groups is 1. The maximum absolute atomic E-state index is 12.7. The van der Waals surface area contributed by atoms with Crippen molar-refractivity contribution >= 4 is 17.6 Å². The van der Waals surface area contributed by atoms with Crippen LogP contribution in [0.15, 0.2) is 27.7 Å². The third kappa shape index (κ3) is 4.56. The van der Waals surface area contributed by atoms with E-state index < -0.39 is 6.03 Å². The number of aryl methyl sites for hydroxylation is 1.